The zero-order valence-electron chi connectivity index (χ0n) is 20.4. The second kappa shape index (κ2) is 11.5. The molecule has 1 aromatic rings. The molecule has 0 radical (unpaired) electrons. The van der Waals surface area contributed by atoms with Crippen molar-refractivity contribution in [2.75, 3.05) is 30.9 Å². The number of carbonyl (C=O) groups excluding carboxylic acids is 1. The van der Waals surface area contributed by atoms with Gasteiger partial charge in [-0.1, -0.05) is 38.5 Å². The lowest BCUT2D eigenvalue weighted by Gasteiger charge is -2.37. The van der Waals surface area contributed by atoms with Crippen LogP contribution in [0, 0.1) is 6.92 Å². The summed E-state index contributed by atoms with van der Waals surface area (Å²) in [5.74, 6) is -0.144. The van der Waals surface area contributed by atoms with Gasteiger partial charge in [0, 0.05) is 38.1 Å². The van der Waals surface area contributed by atoms with E-state index in [1.54, 1.807) is 24.0 Å². The Morgan fingerprint density at radius 1 is 1.11 bits per heavy atom. The van der Waals surface area contributed by atoms with Gasteiger partial charge in [-0.15, -0.1) is 0 Å². The highest BCUT2D eigenvalue weighted by Crippen LogP contribution is 2.27. The first-order valence-corrected chi connectivity index (χ1v) is 12.4. The molecule has 3 N–H and O–H groups in total. The van der Waals surface area contributed by atoms with Crippen molar-refractivity contribution in [2.45, 2.75) is 13.8 Å². The molecule has 0 aliphatic carbocycles. The van der Waals surface area contributed by atoms with E-state index >= 15 is 0 Å². The molecule has 1 amide bonds. The molecule has 1 aliphatic heterocycles. The average molecular weight is 496 g/mol. The minimum absolute atomic E-state index is 0.0932. The highest BCUT2D eigenvalue weighted by Gasteiger charge is 2.24. The van der Waals surface area contributed by atoms with Crippen molar-refractivity contribution in [3.05, 3.63) is 95.7 Å². The van der Waals surface area contributed by atoms with E-state index in [1.165, 1.54) is 18.4 Å². The van der Waals surface area contributed by atoms with Crippen LogP contribution in [-0.4, -0.2) is 57.0 Å². The van der Waals surface area contributed by atoms with E-state index in [0.717, 1.165) is 16.8 Å². The van der Waals surface area contributed by atoms with Gasteiger partial charge >= 0.3 is 0 Å². The van der Waals surface area contributed by atoms with E-state index in [2.05, 4.69) is 47.6 Å². The zero-order valence-corrected chi connectivity index (χ0v) is 21.2. The van der Waals surface area contributed by atoms with Crippen LogP contribution in [-0.2, 0) is 14.8 Å². The Balaban J connectivity index is 2.18. The van der Waals surface area contributed by atoms with Gasteiger partial charge in [0.1, 0.15) is 4.91 Å². The Morgan fingerprint density at radius 2 is 1.71 bits per heavy atom. The summed E-state index contributed by atoms with van der Waals surface area (Å²) in [5.41, 5.74) is 9.29. The van der Waals surface area contributed by atoms with Crippen LogP contribution in [0.4, 0.5) is 5.69 Å². The second-order valence-corrected chi connectivity index (χ2v) is 9.69. The fraction of sp³-hybridized carbons (Fsp3) is 0.231. The Kier molecular flexibility index (Phi) is 9.02. The quantitative estimate of drug-likeness (QED) is 0.293. The second-order valence-electron chi connectivity index (χ2n) is 8.04. The van der Waals surface area contributed by atoms with E-state index < -0.39 is 10.0 Å². The minimum Gasteiger partial charge on any atom is -0.404 e. The van der Waals surface area contributed by atoms with Crippen molar-refractivity contribution in [2.24, 2.45) is 10.7 Å². The number of amides is 1. The SMILES string of the molecule is C=C/C(=C(/N=C)C(=C)C)S(=O)(=O)Nc1ccc(C(=C)N2CCN(C(=O)/C(C=C)=C/N)CC2)cc1C. The molecule has 9 heteroatoms. The van der Waals surface area contributed by atoms with E-state index in [-0.39, 0.29) is 16.5 Å². The lowest BCUT2D eigenvalue weighted by atomic mass is 10.1. The van der Waals surface area contributed by atoms with Gasteiger partial charge in [-0.3, -0.25) is 14.5 Å². The first-order chi connectivity index (χ1) is 16.5. The Morgan fingerprint density at radius 3 is 2.17 bits per heavy atom. The molecule has 186 valence electrons. The van der Waals surface area contributed by atoms with Crippen LogP contribution < -0.4 is 10.5 Å². The van der Waals surface area contributed by atoms with E-state index in [9.17, 15) is 13.2 Å². The zero-order chi connectivity index (χ0) is 26.3. The number of hydrogen-bond acceptors (Lipinski definition) is 6. The van der Waals surface area contributed by atoms with Gasteiger partial charge in [0.25, 0.3) is 15.9 Å². The number of anilines is 1. The van der Waals surface area contributed by atoms with Crippen molar-refractivity contribution < 1.29 is 13.2 Å². The summed E-state index contributed by atoms with van der Waals surface area (Å²) < 4.78 is 28.6. The number of aryl methyl sites for hydroxylation is 1. The molecule has 1 fully saturated rings. The van der Waals surface area contributed by atoms with Crippen LogP contribution in [0.1, 0.15) is 18.1 Å². The predicted molar refractivity (Wildman–Crippen MR) is 145 cm³/mol. The fourth-order valence-corrected chi connectivity index (χ4v) is 5.03. The largest absolute Gasteiger partial charge is 0.404 e. The summed E-state index contributed by atoms with van der Waals surface area (Å²) in [7, 11) is -3.96. The van der Waals surface area contributed by atoms with Crippen molar-refractivity contribution in [3.63, 3.8) is 0 Å². The van der Waals surface area contributed by atoms with Gasteiger partial charge in [-0.25, -0.2) is 8.42 Å². The molecule has 0 saturated carbocycles. The molecule has 0 atom stereocenters. The molecule has 8 nitrogen and oxygen atoms in total. The smallest absolute Gasteiger partial charge is 0.264 e. The highest BCUT2D eigenvalue weighted by atomic mass is 32.2. The van der Waals surface area contributed by atoms with E-state index in [4.69, 9.17) is 5.73 Å². The number of benzene rings is 1. The maximum atomic E-state index is 13.0. The Labute approximate surface area is 208 Å². The maximum absolute atomic E-state index is 13.0. The van der Waals surface area contributed by atoms with Crippen molar-refractivity contribution in [3.8, 4) is 0 Å². The summed E-state index contributed by atoms with van der Waals surface area (Å²) in [6, 6.07) is 5.37. The van der Waals surface area contributed by atoms with E-state index in [1.807, 2.05) is 13.0 Å². The number of hydrogen-bond donors (Lipinski definition) is 2. The molecule has 0 aromatic heterocycles. The van der Waals surface area contributed by atoms with Crippen LogP contribution in [0.2, 0.25) is 0 Å². The third kappa shape index (κ3) is 6.19. The number of nitrogens with one attached hydrogen (secondary N) is 1. The number of carbonyl (C=O) groups is 1. The molecule has 0 bridgehead atoms. The first kappa shape index (κ1) is 27.4. The van der Waals surface area contributed by atoms with Gasteiger partial charge in [0.15, 0.2) is 0 Å². The monoisotopic (exact) mass is 495 g/mol. The summed E-state index contributed by atoms with van der Waals surface area (Å²) in [6.45, 7) is 24.4. The lowest BCUT2D eigenvalue weighted by molar-refractivity contribution is -0.128. The molecular weight excluding hydrogens is 462 g/mol. The Hall–Kier alpha value is -3.85. The normalized spacial score (nSPS) is 15.1. The molecule has 0 unspecified atom stereocenters. The number of allylic oxidation sites excluding steroid dienone is 2. The third-order valence-corrected chi connectivity index (χ3v) is 7.10. The summed E-state index contributed by atoms with van der Waals surface area (Å²) >= 11 is 0. The first-order valence-electron chi connectivity index (χ1n) is 10.9. The van der Waals surface area contributed by atoms with Gasteiger partial charge in [0.2, 0.25) is 0 Å². The van der Waals surface area contributed by atoms with Gasteiger partial charge in [-0.05, 0) is 55.5 Å². The van der Waals surface area contributed by atoms with Crippen molar-refractivity contribution in [1.82, 2.24) is 9.80 Å². The molecule has 1 aliphatic rings. The fourth-order valence-electron chi connectivity index (χ4n) is 3.69. The lowest BCUT2D eigenvalue weighted by Crippen LogP contribution is -2.48. The summed E-state index contributed by atoms with van der Waals surface area (Å²) in [5, 5.41) is 0. The number of aliphatic imine (C=N–C) groups is 1. The van der Waals surface area contributed by atoms with Crippen LogP contribution in [0.15, 0.2) is 89.6 Å². The molecule has 1 saturated heterocycles. The predicted octanol–water partition coefficient (Wildman–Crippen LogP) is 3.55. The van der Waals surface area contributed by atoms with Gasteiger partial charge in [-0.2, -0.15) is 0 Å². The molecule has 1 aromatic carbocycles. The number of nitrogens with two attached hydrogens (primary N) is 1. The van der Waals surface area contributed by atoms with Crippen molar-refractivity contribution >= 4 is 34.0 Å². The maximum Gasteiger partial charge on any atom is 0.264 e. The summed E-state index contributed by atoms with van der Waals surface area (Å²) in [6.07, 6.45) is 3.94. The Bertz CT molecular complexity index is 1230. The van der Waals surface area contributed by atoms with Gasteiger partial charge < -0.3 is 15.5 Å². The molecule has 2 rings (SSSR count). The number of piperazine rings is 1. The topological polar surface area (TPSA) is 108 Å². The molecule has 35 heavy (non-hydrogen) atoms. The number of sulfonamides is 1. The van der Waals surface area contributed by atoms with Crippen molar-refractivity contribution in [1.29, 1.82) is 0 Å². The molecule has 0 spiro atoms. The number of nitrogens with zero attached hydrogens (tertiary/aromatic N) is 3. The minimum atomic E-state index is -3.96. The number of rotatable bonds is 10. The van der Waals surface area contributed by atoms with Crippen LogP contribution in [0.3, 0.4) is 0 Å². The summed E-state index contributed by atoms with van der Waals surface area (Å²) in [4.78, 5) is 20.0. The molecule has 1 heterocycles. The average Bonchev–Trinajstić information content (AvgIpc) is 2.83. The van der Waals surface area contributed by atoms with Gasteiger partial charge in [0.05, 0.1) is 17.0 Å². The van der Waals surface area contributed by atoms with Crippen LogP contribution in [0.5, 0.6) is 0 Å². The van der Waals surface area contributed by atoms with Crippen LogP contribution >= 0.6 is 0 Å². The van der Waals surface area contributed by atoms with E-state index in [0.29, 0.717) is 43.0 Å². The standard InChI is InChI=1S/C26H33N5O3S/c1-8-21(17-27)26(32)31-14-12-30(13-15-31)20(6)22-10-11-23(19(5)16-22)29-35(33,34)24(9-2)25(28-7)18(3)4/h8-11,16-17,29H,1-3,6-7,12-15,27H2,4-5H3/b21-17+,25-24-. The third-order valence-electron chi connectivity index (χ3n) is 5.67. The highest BCUT2D eigenvalue weighted by molar-refractivity contribution is 7.96. The van der Waals surface area contributed by atoms with Crippen LogP contribution in [0.25, 0.3) is 5.70 Å². The molecular formula is C26H33N5O3S.